The van der Waals surface area contributed by atoms with E-state index in [-0.39, 0.29) is 51.4 Å². The Morgan fingerprint density at radius 1 is 1.83 bits per heavy atom. The third-order valence-corrected chi connectivity index (χ3v) is 0.277. The van der Waals surface area contributed by atoms with Crippen molar-refractivity contribution < 1.29 is 61.3 Å². The maximum absolute atomic E-state index is 9.43. The van der Waals surface area contributed by atoms with E-state index in [0.29, 0.717) is 0 Å². The predicted octanol–water partition coefficient (Wildman–Crippen LogP) is -3.56. The normalized spacial score (nSPS) is 6.33. The Bertz CT molecular complexity index is 46.8. The molecule has 0 rings (SSSR count). The number of aliphatic hydroxyl groups is 1. The number of rotatable bonds is 1. The first-order chi connectivity index (χ1) is 2.27. The number of carbonyl (C=O) groups is 1. The number of hydrogen-bond donors (Lipinski definition) is 2. The largest absolute Gasteiger partial charge is 1.00 e. The summed E-state index contributed by atoms with van der Waals surface area (Å²) in [5, 5.41) is 7.22. The van der Waals surface area contributed by atoms with Crippen molar-refractivity contribution in [2.24, 2.45) is 0 Å². The number of aliphatic hydroxyl groups excluding tert-OH is 1. The van der Waals surface area contributed by atoms with Crippen LogP contribution in [0, 0.1) is 0 Å². The molecule has 0 atom stereocenters. The smallest absolute Gasteiger partial charge is 0.388 e. The maximum Gasteiger partial charge on any atom is 1.00 e. The molecule has 0 aliphatic carbocycles. The fourth-order valence-corrected chi connectivity index (χ4v) is 0. The van der Waals surface area contributed by atoms with Gasteiger partial charge in [0.05, 0.1) is 0 Å². The minimum atomic E-state index is -0.495. The molecule has 30 valence electrons. The van der Waals surface area contributed by atoms with Gasteiger partial charge in [0, 0.05) is 0 Å². The topological polar surface area (TPSA) is 37.3 Å². The van der Waals surface area contributed by atoms with Crippen LogP contribution in [0.1, 0.15) is 0 Å². The van der Waals surface area contributed by atoms with E-state index < -0.39 is 11.7 Å². The van der Waals surface area contributed by atoms with Crippen molar-refractivity contribution >= 4 is 17.7 Å². The molecule has 0 radical (unpaired) electrons. The van der Waals surface area contributed by atoms with Gasteiger partial charge in [-0.15, -0.1) is 12.6 Å². The molecule has 0 unspecified atom stereocenters. The van der Waals surface area contributed by atoms with Crippen molar-refractivity contribution in [3.05, 3.63) is 0 Å². The molecule has 0 saturated heterocycles. The van der Waals surface area contributed by atoms with E-state index in [4.69, 9.17) is 5.11 Å². The Kier molecular flexibility index (Phi) is 11.7. The van der Waals surface area contributed by atoms with Crippen LogP contribution in [0.3, 0.4) is 0 Å². The van der Waals surface area contributed by atoms with Crippen molar-refractivity contribution in [3.8, 4) is 0 Å². The van der Waals surface area contributed by atoms with E-state index in [9.17, 15) is 4.79 Å². The van der Waals surface area contributed by atoms with E-state index >= 15 is 0 Å². The van der Waals surface area contributed by atoms with Crippen LogP contribution in [0.4, 0.5) is 0 Å². The van der Waals surface area contributed by atoms with Crippen LogP contribution >= 0.6 is 12.6 Å². The predicted molar refractivity (Wildman–Crippen MR) is 21.1 cm³/mol. The monoisotopic (exact) mass is 131 g/mol. The molecule has 0 aliphatic rings. The summed E-state index contributed by atoms with van der Waals surface area (Å²) in [6, 6.07) is 0. The molecule has 0 aliphatic heterocycles. The minimum absolute atomic E-state index is 0. The van der Waals surface area contributed by atoms with Crippen LogP contribution in [0.5, 0.6) is 0 Å². The Morgan fingerprint density at radius 3 is 2.00 bits per heavy atom. The molecule has 0 heterocycles. The number of thiol groups is 1. The van der Waals surface area contributed by atoms with Gasteiger partial charge >= 0.3 is 51.4 Å². The van der Waals surface area contributed by atoms with E-state index in [1.54, 1.807) is 0 Å². The van der Waals surface area contributed by atoms with Gasteiger partial charge in [0.2, 0.25) is 5.12 Å². The molecular weight excluding hydrogens is 127 g/mol. The van der Waals surface area contributed by atoms with Gasteiger partial charge in [-0.2, -0.15) is 0 Å². The average Bonchev–Trinajstić information content (AvgIpc) is 1.38. The zero-order valence-electron chi connectivity index (χ0n) is 3.51. The Balaban J connectivity index is 0. The molecule has 4 heteroatoms. The summed E-state index contributed by atoms with van der Waals surface area (Å²) in [7, 11) is 0. The quantitative estimate of drug-likeness (QED) is 0.285. The Hall–Kier alpha value is 1.62. The summed E-state index contributed by atoms with van der Waals surface area (Å²) in [4.78, 5) is 9.43. The first-order valence-electron chi connectivity index (χ1n) is 1.10. The van der Waals surface area contributed by atoms with Gasteiger partial charge in [0.1, 0.15) is 6.61 Å². The average molecular weight is 131 g/mol. The minimum Gasteiger partial charge on any atom is -0.388 e. The van der Waals surface area contributed by atoms with Gasteiger partial charge in [-0.3, -0.25) is 4.79 Å². The first-order valence-corrected chi connectivity index (χ1v) is 1.54. The van der Waals surface area contributed by atoms with Crippen molar-refractivity contribution in [3.63, 3.8) is 0 Å². The summed E-state index contributed by atoms with van der Waals surface area (Å²) >= 11 is 3.21. The number of hydrogen-bond acceptors (Lipinski definition) is 2. The summed E-state index contributed by atoms with van der Waals surface area (Å²) in [6.07, 6.45) is 0. The molecule has 0 saturated carbocycles. The van der Waals surface area contributed by atoms with Crippen LogP contribution < -0.4 is 51.4 Å². The number of carbonyl (C=O) groups excluding carboxylic acids is 1. The summed E-state index contributed by atoms with van der Waals surface area (Å²) in [5.74, 6) is 0. The summed E-state index contributed by atoms with van der Waals surface area (Å²) in [5.41, 5.74) is 0. The van der Waals surface area contributed by atoms with Crippen molar-refractivity contribution in [2.45, 2.75) is 0 Å². The Morgan fingerprint density at radius 2 is 2.00 bits per heavy atom. The standard InChI is InChI=1S/C2H4O2S.K/c3-1-2(4)5;/h3H,1H2,(H,4,5);/q;+1. The third kappa shape index (κ3) is 9.15. The third-order valence-electron chi connectivity index (χ3n) is 0.135. The van der Waals surface area contributed by atoms with E-state index in [2.05, 4.69) is 12.6 Å². The maximum atomic E-state index is 9.43. The van der Waals surface area contributed by atoms with E-state index in [1.807, 2.05) is 0 Å². The van der Waals surface area contributed by atoms with Gasteiger partial charge in [-0.1, -0.05) is 0 Å². The van der Waals surface area contributed by atoms with Gasteiger partial charge in [-0.05, 0) is 0 Å². The molecule has 0 fully saturated rings. The fourth-order valence-electron chi connectivity index (χ4n) is 0. The zero-order chi connectivity index (χ0) is 4.28. The molecule has 0 bridgehead atoms. The molecule has 0 aromatic carbocycles. The summed E-state index contributed by atoms with van der Waals surface area (Å²) < 4.78 is 0. The van der Waals surface area contributed by atoms with Crippen LogP contribution in [0.2, 0.25) is 0 Å². The Labute approximate surface area is 84.1 Å². The summed E-state index contributed by atoms with van der Waals surface area (Å²) in [6.45, 7) is -0.469. The second-order valence-corrected chi connectivity index (χ2v) is 1.05. The van der Waals surface area contributed by atoms with Gasteiger partial charge < -0.3 is 5.11 Å². The van der Waals surface area contributed by atoms with Gasteiger partial charge in [-0.25, -0.2) is 0 Å². The molecule has 0 amide bonds. The molecule has 0 spiro atoms. The SMILES string of the molecule is O=C(S)CO.[K+]. The van der Waals surface area contributed by atoms with Crippen molar-refractivity contribution in [1.29, 1.82) is 0 Å². The fraction of sp³-hybridized carbons (Fsp3) is 0.500. The van der Waals surface area contributed by atoms with Gasteiger partial charge in [0.25, 0.3) is 0 Å². The molecular formula is C2H4KO2S+. The van der Waals surface area contributed by atoms with E-state index in [0.717, 1.165) is 0 Å². The van der Waals surface area contributed by atoms with Crippen molar-refractivity contribution in [1.82, 2.24) is 0 Å². The van der Waals surface area contributed by atoms with Gasteiger partial charge in [0.15, 0.2) is 0 Å². The second kappa shape index (κ2) is 6.62. The van der Waals surface area contributed by atoms with Crippen LogP contribution in [0.25, 0.3) is 0 Å². The van der Waals surface area contributed by atoms with E-state index in [1.165, 1.54) is 0 Å². The molecule has 0 aromatic heterocycles. The van der Waals surface area contributed by atoms with Crippen LogP contribution in [-0.4, -0.2) is 16.8 Å². The molecule has 6 heavy (non-hydrogen) atoms. The molecule has 1 N–H and O–H groups in total. The van der Waals surface area contributed by atoms with Crippen LogP contribution in [-0.2, 0) is 4.79 Å². The second-order valence-electron chi connectivity index (χ2n) is 0.552. The zero-order valence-corrected chi connectivity index (χ0v) is 7.53. The first kappa shape index (κ1) is 10.6. The molecule has 2 nitrogen and oxygen atoms in total. The van der Waals surface area contributed by atoms with Crippen molar-refractivity contribution in [2.75, 3.05) is 6.61 Å². The molecule has 0 aromatic rings. The van der Waals surface area contributed by atoms with Crippen LogP contribution in [0.15, 0.2) is 0 Å².